The molecule has 0 radical (unpaired) electrons. The van der Waals surface area contributed by atoms with E-state index in [9.17, 15) is 0 Å². The average Bonchev–Trinajstić information content (AvgIpc) is 1.97. The number of rotatable bonds is 2. The van der Waals surface area contributed by atoms with Gasteiger partial charge in [0.25, 0.3) is 0 Å². The van der Waals surface area contributed by atoms with E-state index in [-0.39, 0.29) is 0 Å². The van der Waals surface area contributed by atoms with Crippen LogP contribution in [-0.4, -0.2) is 12.0 Å². The number of pyridine rings is 1. The second-order valence-corrected chi connectivity index (χ2v) is 3.82. The van der Waals surface area contributed by atoms with Gasteiger partial charge in [-0.05, 0) is 44.5 Å². The quantitative estimate of drug-likeness (QED) is 0.899. The highest BCUT2D eigenvalue weighted by Crippen LogP contribution is 2.23. The van der Waals surface area contributed by atoms with Crippen molar-refractivity contribution in [1.82, 2.24) is 10.3 Å². The number of aromatic nitrogens is 1. The van der Waals surface area contributed by atoms with Gasteiger partial charge in [0, 0.05) is 27.9 Å². The molecule has 0 aromatic carbocycles. The average molecular weight is 280 g/mol. The molecule has 1 aromatic rings. The fourth-order valence-corrected chi connectivity index (χ4v) is 1.99. The van der Waals surface area contributed by atoms with E-state index in [2.05, 4.69) is 42.2 Å². The predicted molar refractivity (Wildman–Crippen MR) is 52.4 cm³/mol. The fraction of sp³-hybridized carbons (Fsp3) is 0.286. The summed E-state index contributed by atoms with van der Waals surface area (Å²) in [5.74, 6) is 0. The van der Waals surface area contributed by atoms with Crippen LogP contribution in [0.15, 0.2) is 21.3 Å². The van der Waals surface area contributed by atoms with E-state index in [4.69, 9.17) is 0 Å². The van der Waals surface area contributed by atoms with Gasteiger partial charge in [0.05, 0.1) is 0 Å². The zero-order chi connectivity index (χ0) is 8.27. The standard InChI is InChI=1S/C7H8Br2N2/c1-10-2-5-6(8)3-11-4-7(5)9/h3-4,10H,2H2,1H3. The summed E-state index contributed by atoms with van der Waals surface area (Å²) in [4.78, 5) is 4.01. The minimum absolute atomic E-state index is 0.837. The van der Waals surface area contributed by atoms with Crippen LogP contribution in [0.5, 0.6) is 0 Å². The van der Waals surface area contributed by atoms with Crippen molar-refractivity contribution in [2.24, 2.45) is 0 Å². The first-order chi connectivity index (χ1) is 5.25. The Balaban J connectivity index is 3.00. The lowest BCUT2D eigenvalue weighted by atomic mass is 10.3. The lowest BCUT2D eigenvalue weighted by molar-refractivity contribution is 0.808. The molecule has 1 rings (SSSR count). The van der Waals surface area contributed by atoms with Crippen molar-refractivity contribution >= 4 is 31.9 Å². The Morgan fingerprint density at radius 3 is 2.36 bits per heavy atom. The highest BCUT2D eigenvalue weighted by molar-refractivity contribution is 9.11. The molecule has 0 spiro atoms. The van der Waals surface area contributed by atoms with Crippen LogP contribution >= 0.6 is 31.9 Å². The summed E-state index contributed by atoms with van der Waals surface area (Å²) >= 11 is 6.83. The normalized spacial score (nSPS) is 10.1. The first-order valence-corrected chi connectivity index (χ1v) is 4.76. The Morgan fingerprint density at radius 2 is 1.91 bits per heavy atom. The van der Waals surface area contributed by atoms with Gasteiger partial charge in [0.2, 0.25) is 0 Å². The van der Waals surface area contributed by atoms with Crippen LogP contribution in [-0.2, 0) is 6.54 Å². The summed E-state index contributed by atoms with van der Waals surface area (Å²) < 4.78 is 2.06. The third-order valence-electron chi connectivity index (χ3n) is 1.31. The van der Waals surface area contributed by atoms with Gasteiger partial charge in [-0.1, -0.05) is 0 Å². The molecule has 4 heteroatoms. The molecule has 0 fully saturated rings. The third kappa shape index (κ3) is 2.25. The van der Waals surface area contributed by atoms with Gasteiger partial charge in [-0.25, -0.2) is 0 Å². The van der Waals surface area contributed by atoms with Gasteiger partial charge < -0.3 is 5.32 Å². The highest BCUT2D eigenvalue weighted by atomic mass is 79.9. The number of hydrogen-bond donors (Lipinski definition) is 1. The van der Waals surface area contributed by atoms with Crippen molar-refractivity contribution in [2.75, 3.05) is 7.05 Å². The first-order valence-electron chi connectivity index (χ1n) is 3.18. The van der Waals surface area contributed by atoms with Crippen molar-refractivity contribution in [3.63, 3.8) is 0 Å². The fourth-order valence-electron chi connectivity index (χ4n) is 0.784. The number of nitrogens with zero attached hydrogens (tertiary/aromatic N) is 1. The molecule has 0 unspecified atom stereocenters. The first kappa shape index (κ1) is 9.16. The maximum Gasteiger partial charge on any atom is 0.0415 e. The Hall–Kier alpha value is 0.0700. The van der Waals surface area contributed by atoms with Crippen molar-refractivity contribution in [3.05, 3.63) is 26.9 Å². The minimum atomic E-state index is 0.837. The van der Waals surface area contributed by atoms with Gasteiger partial charge >= 0.3 is 0 Å². The maximum absolute atomic E-state index is 4.01. The predicted octanol–water partition coefficient (Wildman–Crippen LogP) is 2.33. The Labute approximate surface area is 82.7 Å². The van der Waals surface area contributed by atoms with Crippen LogP contribution in [0.25, 0.3) is 0 Å². The molecule has 0 aliphatic carbocycles. The lowest BCUT2D eigenvalue weighted by Crippen LogP contribution is -2.06. The number of hydrogen-bond acceptors (Lipinski definition) is 2. The molecule has 0 bridgehead atoms. The van der Waals surface area contributed by atoms with E-state index in [1.54, 1.807) is 12.4 Å². The molecule has 1 N–H and O–H groups in total. The summed E-state index contributed by atoms with van der Waals surface area (Å²) in [6.45, 7) is 0.837. The molecular formula is C7H8Br2N2. The molecule has 0 aliphatic rings. The SMILES string of the molecule is CNCc1c(Br)cncc1Br. The number of halogens is 2. The van der Waals surface area contributed by atoms with E-state index >= 15 is 0 Å². The molecule has 11 heavy (non-hydrogen) atoms. The zero-order valence-corrected chi connectivity index (χ0v) is 9.24. The second-order valence-electron chi connectivity index (χ2n) is 2.11. The smallest absolute Gasteiger partial charge is 0.0415 e. The van der Waals surface area contributed by atoms with Crippen LogP contribution in [0, 0.1) is 0 Å². The van der Waals surface area contributed by atoms with Crippen molar-refractivity contribution in [2.45, 2.75) is 6.54 Å². The molecule has 60 valence electrons. The summed E-state index contributed by atoms with van der Waals surface area (Å²) in [6.07, 6.45) is 3.58. The molecule has 0 saturated heterocycles. The molecule has 1 aromatic heterocycles. The molecule has 0 amide bonds. The summed E-state index contributed by atoms with van der Waals surface area (Å²) in [5, 5.41) is 3.08. The van der Waals surface area contributed by atoms with Crippen LogP contribution in [0.3, 0.4) is 0 Å². The maximum atomic E-state index is 4.01. The summed E-state index contributed by atoms with van der Waals surface area (Å²) in [7, 11) is 1.92. The van der Waals surface area contributed by atoms with E-state index in [0.717, 1.165) is 15.5 Å². The van der Waals surface area contributed by atoms with Gasteiger partial charge in [0.1, 0.15) is 0 Å². The van der Waals surface area contributed by atoms with Gasteiger partial charge in [-0.15, -0.1) is 0 Å². The summed E-state index contributed by atoms with van der Waals surface area (Å²) in [5.41, 5.74) is 1.20. The van der Waals surface area contributed by atoms with Crippen molar-refractivity contribution < 1.29 is 0 Å². The lowest BCUT2D eigenvalue weighted by Gasteiger charge is -2.04. The molecule has 1 heterocycles. The van der Waals surface area contributed by atoms with E-state index in [1.807, 2.05) is 7.05 Å². The van der Waals surface area contributed by atoms with Gasteiger partial charge in [-0.2, -0.15) is 0 Å². The summed E-state index contributed by atoms with van der Waals surface area (Å²) in [6, 6.07) is 0. The van der Waals surface area contributed by atoms with Crippen LogP contribution in [0.1, 0.15) is 5.56 Å². The Bertz CT molecular complexity index is 230. The molecule has 2 nitrogen and oxygen atoms in total. The second kappa shape index (κ2) is 4.18. The third-order valence-corrected chi connectivity index (χ3v) is 2.67. The van der Waals surface area contributed by atoms with Gasteiger partial charge in [0.15, 0.2) is 0 Å². The highest BCUT2D eigenvalue weighted by Gasteiger charge is 2.02. The molecule has 0 aliphatic heterocycles. The number of nitrogens with one attached hydrogen (secondary N) is 1. The largest absolute Gasteiger partial charge is 0.316 e. The Kier molecular flexibility index (Phi) is 3.48. The Morgan fingerprint density at radius 1 is 1.36 bits per heavy atom. The van der Waals surface area contributed by atoms with Crippen LogP contribution < -0.4 is 5.32 Å². The molecule has 0 saturated carbocycles. The van der Waals surface area contributed by atoms with Crippen molar-refractivity contribution in [3.8, 4) is 0 Å². The topological polar surface area (TPSA) is 24.9 Å². The van der Waals surface area contributed by atoms with E-state index < -0.39 is 0 Å². The van der Waals surface area contributed by atoms with E-state index in [1.165, 1.54) is 5.56 Å². The minimum Gasteiger partial charge on any atom is -0.316 e. The van der Waals surface area contributed by atoms with Gasteiger partial charge in [-0.3, -0.25) is 4.98 Å². The van der Waals surface area contributed by atoms with Crippen LogP contribution in [0.4, 0.5) is 0 Å². The van der Waals surface area contributed by atoms with Crippen molar-refractivity contribution in [1.29, 1.82) is 0 Å². The zero-order valence-electron chi connectivity index (χ0n) is 6.06. The molecular weight excluding hydrogens is 272 g/mol. The molecule has 0 atom stereocenters. The monoisotopic (exact) mass is 278 g/mol. The van der Waals surface area contributed by atoms with E-state index in [0.29, 0.717) is 0 Å². The van der Waals surface area contributed by atoms with Crippen LogP contribution in [0.2, 0.25) is 0 Å².